The average molecular weight is 301 g/mol. The number of aromatic nitrogens is 2. The number of ether oxygens (including phenoxy) is 2. The first-order chi connectivity index (χ1) is 9.87. The molecule has 2 rings (SSSR count). The lowest BCUT2D eigenvalue weighted by molar-refractivity contribution is -0.275. The second-order valence-corrected chi connectivity index (χ2v) is 3.69. The van der Waals surface area contributed by atoms with Crippen molar-refractivity contribution in [1.82, 2.24) is 9.97 Å². The zero-order valence-corrected chi connectivity index (χ0v) is 10.4. The van der Waals surface area contributed by atoms with E-state index in [1.807, 2.05) is 0 Å². The van der Waals surface area contributed by atoms with Crippen molar-refractivity contribution in [3.05, 3.63) is 30.3 Å². The van der Waals surface area contributed by atoms with Crippen LogP contribution in [-0.2, 0) is 0 Å². The first-order valence-electron chi connectivity index (χ1n) is 5.51. The zero-order valence-electron chi connectivity index (χ0n) is 10.4. The molecular weight excluding hydrogens is 291 g/mol. The van der Waals surface area contributed by atoms with Gasteiger partial charge in [-0.15, -0.1) is 13.2 Å². The summed E-state index contributed by atoms with van der Waals surface area (Å²) in [6.45, 7) is 0. The van der Waals surface area contributed by atoms with Gasteiger partial charge in [-0.3, -0.25) is 0 Å². The Hall–Kier alpha value is -2.75. The molecule has 0 atom stereocenters. The number of para-hydroxylation sites is 2. The molecule has 1 aromatic heterocycles. The third-order valence-corrected chi connectivity index (χ3v) is 2.16. The fraction of sp³-hybridized carbons (Fsp3) is 0.0909. The van der Waals surface area contributed by atoms with E-state index in [0.29, 0.717) is 0 Å². The van der Waals surface area contributed by atoms with Crippen LogP contribution in [0.4, 0.5) is 24.9 Å². The van der Waals surface area contributed by atoms with Gasteiger partial charge in [-0.2, -0.15) is 9.97 Å². The number of benzene rings is 1. The predicted molar refractivity (Wildman–Crippen MR) is 67.5 cm³/mol. The number of hydrazine groups is 1. The van der Waals surface area contributed by atoms with Crippen LogP contribution in [0.15, 0.2) is 30.3 Å². The Morgan fingerprint density at radius 3 is 2.38 bits per heavy atom. The van der Waals surface area contributed by atoms with Gasteiger partial charge >= 0.3 is 6.36 Å². The average Bonchev–Trinajstić information content (AvgIpc) is 2.38. The zero-order chi connectivity index (χ0) is 15.5. The molecule has 0 saturated carbocycles. The molecule has 0 bridgehead atoms. The number of rotatable bonds is 4. The number of alkyl halides is 3. The number of nitrogens with one attached hydrogen (secondary N) is 1. The smallest absolute Gasteiger partial charge is 0.435 e. The summed E-state index contributed by atoms with van der Waals surface area (Å²) < 4.78 is 46.0. The van der Waals surface area contributed by atoms with Gasteiger partial charge in [0.25, 0.3) is 0 Å². The number of hydrogen-bond acceptors (Lipinski definition) is 7. The Balaban J connectivity index is 2.29. The Labute approximate surface area is 116 Å². The lowest BCUT2D eigenvalue weighted by atomic mass is 10.3. The molecule has 0 amide bonds. The molecule has 0 unspecified atom stereocenters. The Morgan fingerprint density at radius 2 is 1.76 bits per heavy atom. The summed E-state index contributed by atoms with van der Waals surface area (Å²) in [6.07, 6.45) is -4.84. The quantitative estimate of drug-likeness (QED) is 0.585. The lowest BCUT2D eigenvalue weighted by Gasteiger charge is -2.13. The molecule has 0 radical (unpaired) electrons. The van der Waals surface area contributed by atoms with Crippen molar-refractivity contribution in [2.24, 2.45) is 5.84 Å². The normalized spacial score (nSPS) is 11.0. The molecule has 5 N–H and O–H groups in total. The molecule has 1 heterocycles. The maximum atomic E-state index is 12.3. The van der Waals surface area contributed by atoms with E-state index in [0.717, 1.165) is 6.07 Å². The summed E-state index contributed by atoms with van der Waals surface area (Å²) >= 11 is 0. The minimum atomic E-state index is -4.84. The molecule has 0 aliphatic rings. The van der Waals surface area contributed by atoms with E-state index in [-0.39, 0.29) is 23.4 Å². The summed E-state index contributed by atoms with van der Waals surface area (Å²) in [5, 5.41) is 0. The fourth-order valence-electron chi connectivity index (χ4n) is 1.43. The molecule has 0 saturated heterocycles. The summed E-state index contributed by atoms with van der Waals surface area (Å²) in [6, 6.07) is 6.51. The molecule has 0 spiro atoms. The Kier molecular flexibility index (Phi) is 3.98. The number of hydrogen-bond donors (Lipinski definition) is 3. The van der Waals surface area contributed by atoms with Crippen LogP contribution in [-0.4, -0.2) is 16.3 Å². The first-order valence-corrected chi connectivity index (χ1v) is 5.51. The van der Waals surface area contributed by atoms with Gasteiger partial charge in [0.2, 0.25) is 11.8 Å². The van der Waals surface area contributed by atoms with Crippen molar-refractivity contribution < 1.29 is 22.6 Å². The van der Waals surface area contributed by atoms with E-state index in [1.54, 1.807) is 0 Å². The van der Waals surface area contributed by atoms with Crippen LogP contribution < -0.4 is 26.5 Å². The number of nitrogen functional groups attached to an aromatic ring is 2. The molecule has 2 aromatic rings. The molecule has 10 heteroatoms. The number of nitrogens with zero attached hydrogens (tertiary/aromatic N) is 2. The molecular formula is C11H10F3N5O2. The van der Waals surface area contributed by atoms with Gasteiger partial charge in [-0.25, -0.2) is 5.84 Å². The van der Waals surface area contributed by atoms with Crippen molar-refractivity contribution in [2.75, 3.05) is 11.2 Å². The maximum Gasteiger partial charge on any atom is 0.573 e. The summed E-state index contributed by atoms with van der Waals surface area (Å²) in [4.78, 5) is 7.44. The van der Waals surface area contributed by atoms with Gasteiger partial charge in [-0.05, 0) is 12.1 Å². The van der Waals surface area contributed by atoms with E-state index < -0.39 is 12.1 Å². The van der Waals surface area contributed by atoms with E-state index in [4.69, 9.17) is 16.3 Å². The predicted octanol–water partition coefficient (Wildman–Crippen LogP) is 2.04. The Morgan fingerprint density at radius 1 is 1.10 bits per heavy atom. The van der Waals surface area contributed by atoms with Crippen LogP contribution in [0, 0.1) is 0 Å². The molecule has 7 nitrogen and oxygen atoms in total. The van der Waals surface area contributed by atoms with Gasteiger partial charge in [0.15, 0.2) is 11.5 Å². The van der Waals surface area contributed by atoms with E-state index in [1.165, 1.54) is 24.3 Å². The second kappa shape index (κ2) is 5.71. The topological polar surface area (TPSA) is 108 Å². The van der Waals surface area contributed by atoms with Gasteiger partial charge in [0.05, 0.1) is 0 Å². The second-order valence-electron chi connectivity index (χ2n) is 3.69. The van der Waals surface area contributed by atoms with Crippen LogP contribution >= 0.6 is 0 Å². The number of anilines is 2. The fourth-order valence-corrected chi connectivity index (χ4v) is 1.43. The van der Waals surface area contributed by atoms with Gasteiger partial charge < -0.3 is 20.6 Å². The molecule has 112 valence electrons. The molecule has 0 aliphatic carbocycles. The van der Waals surface area contributed by atoms with Crippen molar-refractivity contribution >= 4 is 11.8 Å². The lowest BCUT2D eigenvalue weighted by Crippen LogP contribution is -2.17. The molecule has 21 heavy (non-hydrogen) atoms. The van der Waals surface area contributed by atoms with Crippen LogP contribution in [0.2, 0.25) is 0 Å². The summed E-state index contributed by atoms with van der Waals surface area (Å²) in [5.41, 5.74) is 7.64. The largest absolute Gasteiger partial charge is 0.573 e. The minimum Gasteiger partial charge on any atom is -0.435 e. The standard InChI is InChI=1S/C11H10F3N5O2/c12-11(13,14)21-7-4-2-1-3-6(7)20-9-5-8(19-16)17-10(15)18-9/h1-5H,16H2,(H3,15,17,18,19). The van der Waals surface area contributed by atoms with Crippen LogP contribution in [0.1, 0.15) is 0 Å². The highest BCUT2D eigenvalue weighted by Gasteiger charge is 2.32. The van der Waals surface area contributed by atoms with Crippen LogP contribution in [0.5, 0.6) is 17.4 Å². The first kappa shape index (κ1) is 14.7. The molecule has 1 aromatic carbocycles. The van der Waals surface area contributed by atoms with Crippen molar-refractivity contribution in [3.8, 4) is 17.4 Å². The van der Waals surface area contributed by atoms with Crippen LogP contribution in [0.3, 0.4) is 0 Å². The number of halogens is 3. The monoisotopic (exact) mass is 301 g/mol. The van der Waals surface area contributed by atoms with Gasteiger partial charge in [0.1, 0.15) is 5.82 Å². The molecule has 0 aliphatic heterocycles. The van der Waals surface area contributed by atoms with Crippen molar-refractivity contribution in [2.45, 2.75) is 6.36 Å². The van der Waals surface area contributed by atoms with Crippen molar-refractivity contribution in [1.29, 1.82) is 0 Å². The highest BCUT2D eigenvalue weighted by atomic mass is 19.4. The summed E-state index contributed by atoms with van der Waals surface area (Å²) in [7, 11) is 0. The van der Waals surface area contributed by atoms with Gasteiger partial charge in [0, 0.05) is 6.07 Å². The van der Waals surface area contributed by atoms with E-state index in [9.17, 15) is 13.2 Å². The van der Waals surface area contributed by atoms with E-state index >= 15 is 0 Å². The highest BCUT2D eigenvalue weighted by Crippen LogP contribution is 2.34. The third-order valence-electron chi connectivity index (χ3n) is 2.16. The van der Waals surface area contributed by atoms with E-state index in [2.05, 4.69) is 20.1 Å². The van der Waals surface area contributed by atoms with Crippen molar-refractivity contribution in [3.63, 3.8) is 0 Å². The number of nitrogens with two attached hydrogens (primary N) is 2. The molecule has 0 fully saturated rings. The summed E-state index contributed by atoms with van der Waals surface area (Å²) in [5.74, 6) is 4.37. The Bertz CT molecular complexity index is 635. The minimum absolute atomic E-state index is 0.0892. The van der Waals surface area contributed by atoms with Gasteiger partial charge in [-0.1, -0.05) is 12.1 Å². The maximum absolute atomic E-state index is 12.3. The third kappa shape index (κ3) is 4.11. The van der Waals surface area contributed by atoms with Crippen LogP contribution in [0.25, 0.3) is 0 Å². The highest BCUT2D eigenvalue weighted by molar-refractivity contribution is 5.46. The SMILES string of the molecule is NNc1cc(Oc2ccccc2OC(F)(F)F)nc(N)n1.